The summed E-state index contributed by atoms with van der Waals surface area (Å²) in [5, 5.41) is 9.67. The quantitative estimate of drug-likeness (QED) is 0.788. The Kier molecular flexibility index (Phi) is 3.01. The van der Waals surface area contributed by atoms with Crippen molar-refractivity contribution in [3.8, 4) is 0 Å². The molecule has 0 aliphatic rings. The van der Waals surface area contributed by atoms with Crippen LogP contribution >= 0.6 is 27.7 Å². The van der Waals surface area contributed by atoms with Gasteiger partial charge in [-0.3, -0.25) is 0 Å². The highest BCUT2D eigenvalue weighted by atomic mass is 79.9. The number of nitrogens with zero attached hydrogens (tertiary/aromatic N) is 5. The van der Waals surface area contributed by atoms with Crippen LogP contribution in [0.4, 0.5) is 0 Å². The van der Waals surface area contributed by atoms with Gasteiger partial charge in [0.1, 0.15) is 17.2 Å². The maximum Gasteiger partial charge on any atom is 0.197 e. The van der Waals surface area contributed by atoms with Crippen molar-refractivity contribution >= 4 is 27.7 Å². The molecule has 5 nitrogen and oxygen atoms in total. The molecule has 0 aliphatic carbocycles. The van der Waals surface area contributed by atoms with E-state index in [0.29, 0.717) is 0 Å². The summed E-state index contributed by atoms with van der Waals surface area (Å²) in [4.78, 5) is 8.05. The Hall–Kier alpha value is -0.950. The Morgan fingerprint density at radius 2 is 2.20 bits per heavy atom. The number of hydrogen-bond acceptors (Lipinski definition) is 5. The van der Waals surface area contributed by atoms with Gasteiger partial charge in [-0.15, -0.1) is 10.2 Å². The van der Waals surface area contributed by atoms with E-state index in [4.69, 9.17) is 0 Å². The molecule has 2 rings (SSSR count). The van der Waals surface area contributed by atoms with Crippen LogP contribution in [0.2, 0.25) is 0 Å². The lowest BCUT2D eigenvalue weighted by Crippen LogP contribution is -1.94. The van der Waals surface area contributed by atoms with Gasteiger partial charge >= 0.3 is 0 Å². The van der Waals surface area contributed by atoms with E-state index in [1.54, 1.807) is 6.20 Å². The second-order valence-corrected chi connectivity index (χ2v) is 4.68. The SMILES string of the molecule is Cc1nnc(Sc2ncncc2Br)n1C. The van der Waals surface area contributed by atoms with Gasteiger partial charge in [0.15, 0.2) is 5.16 Å². The number of hydrogen-bond donors (Lipinski definition) is 0. The minimum absolute atomic E-state index is 0.812. The van der Waals surface area contributed by atoms with Gasteiger partial charge in [-0.2, -0.15) is 0 Å². The average Bonchev–Trinajstić information content (AvgIpc) is 2.53. The van der Waals surface area contributed by atoms with Gasteiger partial charge in [0.25, 0.3) is 0 Å². The zero-order chi connectivity index (χ0) is 10.8. The molecule has 0 N–H and O–H groups in total. The van der Waals surface area contributed by atoms with Crippen LogP contribution in [0.3, 0.4) is 0 Å². The summed E-state index contributed by atoms with van der Waals surface area (Å²) in [6.07, 6.45) is 3.22. The lowest BCUT2D eigenvalue weighted by Gasteiger charge is -2.01. The molecular weight excluding hydrogens is 278 g/mol. The first kappa shape index (κ1) is 10.6. The van der Waals surface area contributed by atoms with Crippen molar-refractivity contribution in [3.05, 3.63) is 22.8 Å². The second kappa shape index (κ2) is 4.28. The summed E-state index contributed by atoms with van der Waals surface area (Å²) in [6, 6.07) is 0. The van der Waals surface area contributed by atoms with E-state index in [1.165, 1.54) is 18.1 Å². The molecule has 0 atom stereocenters. The van der Waals surface area contributed by atoms with Crippen LogP contribution in [0, 0.1) is 6.92 Å². The van der Waals surface area contributed by atoms with Gasteiger partial charge in [-0.1, -0.05) is 0 Å². The summed E-state index contributed by atoms with van der Waals surface area (Å²) in [7, 11) is 1.92. The predicted molar refractivity (Wildman–Crippen MR) is 59.6 cm³/mol. The van der Waals surface area contributed by atoms with E-state index in [0.717, 1.165) is 20.5 Å². The number of aryl methyl sites for hydroxylation is 1. The molecule has 0 unspecified atom stereocenters. The standard InChI is InChI=1S/C8H8BrN5S/c1-5-12-13-8(14(5)2)15-7-6(9)3-10-4-11-7/h3-4H,1-2H3. The topological polar surface area (TPSA) is 56.5 Å². The summed E-state index contributed by atoms with van der Waals surface area (Å²) >= 11 is 4.83. The Morgan fingerprint density at radius 3 is 2.80 bits per heavy atom. The van der Waals surface area contributed by atoms with Crippen molar-refractivity contribution < 1.29 is 0 Å². The molecule has 7 heteroatoms. The van der Waals surface area contributed by atoms with Crippen molar-refractivity contribution in [2.45, 2.75) is 17.1 Å². The summed E-state index contributed by atoms with van der Waals surface area (Å²) in [5.74, 6) is 0.877. The van der Waals surface area contributed by atoms with Crippen LogP contribution < -0.4 is 0 Å². The average molecular weight is 286 g/mol. The highest BCUT2D eigenvalue weighted by Crippen LogP contribution is 2.29. The molecule has 0 aromatic carbocycles. The van der Waals surface area contributed by atoms with E-state index in [2.05, 4.69) is 36.1 Å². The van der Waals surface area contributed by atoms with Gasteiger partial charge in [-0.25, -0.2) is 9.97 Å². The van der Waals surface area contributed by atoms with E-state index in [-0.39, 0.29) is 0 Å². The van der Waals surface area contributed by atoms with Crippen molar-refractivity contribution in [1.29, 1.82) is 0 Å². The molecule has 2 heterocycles. The minimum Gasteiger partial charge on any atom is -0.309 e. The Labute approximate surface area is 99.5 Å². The third-order valence-electron chi connectivity index (χ3n) is 1.87. The fraction of sp³-hybridized carbons (Fsp3) is 0.250. The monoisotopic (exact) mass is 285 g/mol. The van der Waals surface area contributed by atoms with Gasteiger partial charge in [0.2, 0.25) is 0 Å². The molecule has 2 aromatic heterocycles. The molecule has 0 saturated carbocycles. The summed E-state index contributed by atoms with van der Waals surface area (Å²) in [5.41, 5.74) is 0. The van der Waals surface area contributed by atoms with E-state index in [9.17, 15) is 0 Å². The molecule has 0 fully saturated rings. The molecule has 2 aromatic rings. The maximum atomic E-state index is 4.15. The minimum atomic E-state index is 0.812. The number of halogens is 1. The molecule has 0 aliphatic heterocycles. The normalized spacial score (nSPS) is 10.6. The second-order valence-electron chi connectivity index (χ2n) is 2.87. The first-order valence-corrected chi connectivity index (χ1v) is 5.79. The third-order valence-corrected chi connectivity index (χ3v) is 3.77. The molecule has 78 valence electrons. The predicted octanol–water partition coefficient (Wildman–Crippen LogP) is 1.83. The van der Waals surface area contributed by atoms with Crippen molar-refractivity contribution in [3.63, 3.8) is 0 Å². The molecule has 0 amide bonds. The largest absolute Gasteiger partial charge is 0.309 e. The Balaban J connectivity index is 2.30. The molecule has 0 saturated heterocycles. The lowest BCUT2D eigenvalue weighted by atomic mass is 10.7. The first-order chi connectivity index (χ1) is 7.18. The lowest BCUT2D eigenvalue weighted by molar-refractivity contribution is 0.764. The van der Waals surface area contributed by atoms with Crippen LogP contribution in [0.1, 0.15) is 5.82 Å². The van der Waals surface area contributed by atoms with Crippen LogP contribution in [0.15, 0.2) is 27.2 Å². The fourth-order valence-electron chi connectivity index (χ4n) is 0.940. The molecule has 0 bridgehead atoms. The molecule has 0 radical (unpaired) electrons. The van der Waals surface area contributed by atoms with Crippen LogP contribution in [-0.4, -0.2) is 24.7 Å². The third kappa shape index (κ3) is 2.18. The number of aromatic nitrogens is 5. The van der Waals surface area contributed by atoms with Crippen molar-refractivity contribution in [2.24, 2.45) is 7.05 Å². The highest BCUT2D eigenvalue weighted by Gasteiger charge is 2.09. The number of rotatable bonds is 2. The van der Waals surface area contributed by atoms with Crippen LogP contribution in [0.5, 0.6) is 0 Å². The van der Waals surface area contributed by atoms with E-state index >= 15 is 0 Å². The van der Waals surface area contributed by atoms with Crippen molar-refractivity contribution in [1.82, 2.24) is 24.7 Å². The van der Waals surface area contributed by atoms with Gasteiger partial charge in [-0.05, 0) is 34.6 Å². The molecule has 0 spiro atoms. The maximum absolute atomic E-state index is 4.15. The van der Waals surface area contributed by atoms with Gasteiger partial charge < -0.3 is 4.57 Å². The zero-order valence-corrected chi connectivity index (χ0v) is 10.6. The summed E-state index contributed by atoms with van der Waals surface area (Å²) in [6.45, 7) is 1.91. The van der Waals surface area contributed by atoms with Gasteiger partial charge in [0, 0.05) is 13.2 Å². The first-order valence-electron chi connectivity index (χ1n) is 4.18. The fourth-order valence-corrected chi connectivity index (χ4v) is 2.18. The zero-order valence-electron chi connectivity index (χ0n) is 8.18. The van der Waals surface area contributed by atoms with E-state index < -0.39 is 0 Å². The van der Waals surface area contributed by atoms with Gasteiger partial charge in [0.05, 0.1) is 4.47 Å². The molecular formula is C8H8BrN5S. The Bertz CT molecular complexity index is 484. The van der Waals surface area contributed by atoms with Crippen LogP contribution in [0.25, 0.3) is 0 Å². The summed E-state index contributed by atoms with van der Waals surface area (Å²) < 4.78 is 2.77. The van der Waals surface area contributed by atoms with Crippen molar-refractivity contribution in [2.75, 3.05) is 0 Å². The van der Waals surface area contributed by atoms with Crippen LogP contribution in [-0.2, 0) is 7.05 Å². The highest BCUT2D eigenvalue weighted by molar-refractivity contribution is 9.10. The molecule has 15 heavy (non-hydrogen) atoms. The van der Waals surface area contributed by atoms with E-state index in [1.807, 2.05) is 18.5 Å². The smallest absolute Gasteiger partial charge is 0.197 e. The Morgan fingerprint density at radius 1 is 1.40 bits per heavy atom.